The predicted octanol–water partition coefficient (Wildman–Crippen LogP) is 2.05. The fourth-order valence-electron chi connectivity index (χ4n) is 1.48. The van der Waals surface area contributed by atoms with Crippen LogP contribution in [0, 0.1) is 0 Å². The van der Waals surface area contributed by atoms with Gasteiger partial charge in [-0.1, -0.05) is 6.07 Å². The van der Waals surface area contributed by atoms with Crippen molar-refractivity contribution in [1.29, 1.82) is 0 Å². The first-order valence-corrected chi connectivity index (χ1v) is 6.86. The first-order chi connectivity index (χ1) is 9.01. The molecule has 2 aromatic rings. The Labute approximate surface area is 111 Å². The number of hydrogen-bond acceptors (Lipinski definition) is 5. The first kappa shape index (κ1) is 13.2. The Morgan fingerprint density at radius 2 is 1.68 bits per heavy atom. The zero-order valence-corrected chi connectivity index (χ0v) is 11.1. The van der Waals surface area contributed by atoms with Crippen molar-refractivity contribution in [2.45, 2.75) is 4.90 Å². The van der Waals surface area contributed by atoms with Crippen molar-refractivity contribution >= 4 is 15.8 Å². The van der Waals surface area contributed by atoms with Crippen LogP contribution in [-0.2, 0) is 10.1 Å². The molecule has 19 heavy (non-hydrogen) atoms. The van der Waals surface area contributed by atoms with E-state index in [2.05, 4.69) is 0 Å². The molecule has 0 atom stereocenters. The summed E-state index contributed by atoms with van der Waals surface area (Å²) in [6, 6.07) is 12.2. The molecule has 0 amide bonds. The van der Waals surface area contributed by atoms with E-state index in [-0.39, 0.29) is 10.6 Å². The van der Waals surface area contributed by atoms with E-state index >= 15 is 0 Å². The quantitative estimate of drug-likeness (QED) is 0.684. The molecule has 2 N–H and O–H groups in total. The molecule has 0 bridgehead atoms. The number of rotatable bonds is 4. The summed E-state index contributed by atoms with van der Waals surface area (Å²) >= 11 is 0. The second-order valence-corrected chi connectivity index (χ2v) is 5.33. The van der Waals surface area contributed by atoms with Gasteiger partial charge in [0.1, 0.15) is 16.4 Å². The number of hydrogen-bond donors (Lipinski definition) is 1. The van der Waals surface area contributed by atoms with Crippen molar-refractivity contribution in [3.05, 3.63) is 48.5 Å². The topological polar surface area (TPSA) is 78.6 Å². The number of nitrogen functional groups attached to an aromatic ring is 1. The Hall–Kier alpha value is -2.21. The van der Waals surface area contributed by atoms with Crippen molar-refractivity contribution in [3.63, 3.8) is 0 Å². The fraction of sp³-hybridized carbons (Fsp3) is 0.0769. The minimum Gasteiger partial charge on any atom is -0.497 e. The minimum atomic E-state index is -3.87. The lowest BCUT2D eigenvalue weighted by Gasteiger charge is -2.08. The van der Waals surface area contributed by atoms with Crippen LogP contribution in [-0.4, -0.2) is 15.5 Å². The summed E-state index contributed by atoms with van der Waals surface area (Å²) in [6.07, 6.45) is 0. The van der Waals surface area contributed by atoms with Gasteiger partial charge in [-0.05, 0) is 36.4 Å². The number of methoxy groups -OCH3 is 1. The van der Waals surface area contributed by atoms with Crippen LogP contribution in [0.4, 0.5) is 5.69 Å². The first-order valence-electron chi connectivity index (χ1n) is 5.45. The maximum Gasteiger partial charge on any atom is 0.339 e. The molecule has 0 aliphatic rings. The fourth-order valence-corrected chi connectivity index (χ4v) is 2.41. The highest BCUT2D eigenvalue weighted by molar-refractivity contribution is 7.87. The normalized spacial score (nSPS) is 11.0. The summed E-state index contributed by atoms with van der Waals surface area (Å²) in [6.45, 7) is 0. The molecular weight excluding hydrogens is 266 g/mol. The van der Waals surface area contributed by atoms with Crippen LogP contribution in [0.5, 0.6) is 11.5 Å². The molecule has 5 nitrogen and oxygen atoms in total. The molecule has 0 radical (unpaired) electrons. The predicted molar refractivity (Wildman–Crippen MR) is 71.7 cm³/mol. The summed E-state index contributed by atoms with van der Waals surface area (Å²) in [5.41, 5.74) is 6.00. The van der Waals surface area contributed by atoms with Crippen LogP contribution in [0.25, 0.3) is 0 Å². The van der Waals surface area contributed by atoms with Gasteiger partial charge < -0.3 is 14.7 Å². The third kappa shape index (κ3) is 3.17. The molecule has 0 fully saturated rings. The zero-order valence-electron chi connectivity index (χ0n) is 10.2. The van der Waals surface area contributed by atoms with Gasteiger partial charge in [0.25, 0.3) is 0 Å². The molecule has 0 aromatic heterocycles. The summed E-state index contributed by atoms with van der Waals surface area (Å²) in [7, 11) is -2.36. The van der Waals surface area contributed by atoms with Gasteiger partial charge in [-0.15, -0.1) is 0 Å². The van der Waals surface area contributed by atoms with Crippen LogP contribution in [0.1, 0.15) is 0 Å². The Balaban J connectivity index is 2.27. The lowest BCUT2D eigenvalue weighted by molar-refractivity contribution is 0.414. The van der Waals surface area contributed by atoms with Gasteiger partial charge in [0.15, 0.2) is 0 Å². The molecule has 6 heteroatoms. The number of ether oxygens (including phenoxy) is 1. The van der Waals surface area contributed by atoms with Crippen LogP contribution < -0.4 is 14.7 Å². The Morgan fingerprint density at radius 3 is 2.26 bits per heavy atom. The zero-order chi connectivity index (χ0) is 13.9. The average Bonchev–Trinajstić information content (AvgIpc) is 2.38. The van der Waals surface area contributed by atoms with Crippen molar-refractivity contribution in [2.75, 3.05) is 12.8 Å². The van der Waals surface area contributed by atoms with Crippen molar-refractivity contribution < 1.29 is 17.3 Å². The number of nitrogens with two attached hydrogens (primary N) is 1. The molecule has 0 aliphatic carbocycles. The van der Waals surface area contributed by atoms with Gasteiger partial charge in [0.05, 0.1) is 7.11 Å². The maximum atomic E-state index is 12.0. The van der Waals surface area contributed by atoms with E-state index < -0.39 is 10.1 Å². The van der Waals surface area contributed by atoms with E-state index in [9.17, 15) is 8.42 Å². The van der Waals surface area contributed by atoms with Gasteiger partial charge in [-0.3, -0.25) is 0 Å². The van der Waals surface area contributed by atoms with Crippen LogP contribution in [0.15, 0.2) is 53.4 Å². The van der Waals surface area contributed by atoms with Gasteiger partial charge >= 0.3 is 10.1 Å². The Bertz CT molecular complexity index is 665. The molecule has 0 saturated heterocycles. The summed E-state index contributed by atoms with van der Waals surface area (Å²) in [5, 5.41) is 0. The van der Waals surface area contributed by atoms with E-state index in [1.807, 2.05) is 0 Å². The lowest BCUT2D eigenvalue weighted by atomic mass is 10.3. The second kappa shape index (κ2) is 5.19. The molecule has 0 spiro atoms. The third-order valence-electron chi connectivity index (χ3n) is 2.41. The summed E-state index contributed by atoms with van der Waals surface area (Å²) in [4.78, 5) is 0.0516. The van der Waals surface area contributed by atoms with Gasteiger partial charge in [-0.25, -0.2) is 0 Å². The second-order valence-electron chi connectivity index (χ2n) is 3.79. The van der Waals surface area contributed by atoms with Crippen LogP contribution in [0.3, 0.4) is 0 Å². The lowest BCUT2D eigenvalue weighted by Crippen LogP contribution is -2.09. The molecule has 2 rings (SSSR count). The molecule has 0 saturated carbocycles. The van der Waals surface area contributed by atoms with Crippen molar-refractivity contribution in [2.24, 2.45) is 0 Å². The van der Waals surface area contributed by atoms with E-state index in [0.29, 0.717) is 11.4 Å². The SMILES string of the molecule is COc1ccc(S(=O)(=O)Oc2cccc(N)c2)cc1. The monoisotopic (exact) mass is 279 g/mol. The highest BCUT2D eigenvalue weighted by atomic mass is 32.2. The molecular formula is C13H13NO4S. The van der Waals surface area contributed by atoms with Gasteiger partial charge in [-0.2, -0.15) is 8.42 Å². The summed E-state index contributed by atoms with van der Waals surface area (Å²) in [5.74, 6) is 0.749. The highest BCUT2D eigenvalue weighted by Crippen LogP contribution is 2.22. The smallest absolute Gasteiger partial charge is 0.339 e. The average molecular weight is 279 g/mol. The Kier molecular flexibility index (Phi) is 3.62. The number of anilines is 1. The molecule has 100 valence electrons. The Morgan fingerprint density at radius 1 is 1.00 bits per heavy atom. The van der Waals surface area contributed by atoms with E-state index in [0.717, 1.165) is 0 Å². The van der Waals surface area contributed by atoms with Crippen LogP contribution in [0.2, 0.25) is 0 Å². The van der Waals surface area contributed by atoms with Gasteiger partial charge in [0, 0.05) is 11.8 Å². The number of benzene rings is 2. The molecule has 2 aromatic carbocycles. The summed E-state index contributed by atoms with van der Waals surface area (Å²) < 4.78 is 34.0. The maximum absolute atomic E-state index is 12.0. The highest BCUT2D eigenvalue weighted by Gasteiger charge is 2.16. The van der Waals surface area contributed by atoms with Crippen molar-refractivity contribution in [1.82, 2.24) is 0 Å². The van der Waals surface area contributed by atoms with E-state index in [4.69, 9.17) is 14.7 Å². The molecule has 0 heterocycles. The largest absolute Gasteiger partial charge is 0.497 e. The minimum absolute atomic E-state index is 0.0516. The third-order valence-corrected chi connectivity index (χ3v) is 3.67. The standard InChI is InChI=1S/C13H13NO4S/c1-17-11-5-7-13(8-6-11)19(15,16)18-12-4-2-3-10(14)9-12/h2-9H,14H2,1H3. The van der Waals surface area contributed by atoms with E-state index in [1.165, 1.54) is 31.4 Å². The molecule has 0 unspecified atom stereocenters. The van der Waals surface area contributed by atoms with Crippen LogP contribution >= 0.6 is 0 Å². The van der Waals surface area contributed by atoms with E-state index in [1.54, 1.807) is 24.3 Å². The van der Waals surface area contributed by atoms with Crippen molar-refractivity contribution in [3.8, 4) is 11.5 Å². The molecule has 0 aliphatic heterocycles. The van der Waals surface area contributed by atoms with Gasteiger partial charge in [0.2, 0.25) is 0 Å².